The largest absolute Gasteiger partial charge is 0.478 e. The maximum Gasteiger partial charge on any atom is 0.337 e. The van der Waals surface area contributed by atoms with E-state index in [4.69, 9.17) is 10.8 Å². The second-order valence-electron chi connectivity index (χ2n) is 3.79. The van der Waals surface area contributed by atoms with Crippen LogP contribution in [0.3, 0.4) is 0 Å². The highest BCUT2D eigenvalue weighted by Crippen LogP contribution is 2.17. The minimum atomic E-state index is -1.29. The lowest BCUT2D eigenvalue weighted by Gasteiger charge is -2.08. The molecule has 0 unspecified atom stereocenters. The molecule has 0 saturated heterocycles. The summed E-state index contributed by atoms with van der Waals surface area (Å²) in [5.74, 6) is -2.25. The molecule has 1 aromatic carbocycles. The Morgan fingerprint density at radius 1 is 1.33 bits per heavy atom. The van der Waals surface area contributed by atoms with Gasteiger partial charge in [0.2, 0.25) is 5.91 Å². The molecule has 0 aliphatic rings. The maximum absolute atomic E-state index is 12.9. The molecule has 98 valence electrons. The van der Waals surface area contributed by atoms with Crippen LogP contribution in [0.1, 0.15) is 29.6 Å². The molecular formula is C12H15FN2O3. The molecule has 18 heavy (non-hydrogen) atoms. The molecule has 1 aromatic rings. The number of anilines is 1. The summed E-state index contributed by atoms with van der Waals surface area (Å²) in [7, 11) is 0. The van der Waals surface area contributed by atoms with Gasteiger partial charge in [0.25, 0.3) is 0 Å². The topological polar surface area (TPSA) is 92.4 Å². The summed E-state index contributed by atoms with van der Waals surface area (Å²) in [5.41, 5.74) is 5.13. The van der Waals surface area contributed by atoms with Crippen LogP contribution in [0.25, 0.3) is 0 Å². The van der Waals surface area contributed by atoms with Crippen LogP contribution in [0, 0.1) is 5.82 Å². The number of carbonyl (C=O) groups excluding carboxylic acids is 1. The molecule has 0 atom stereocenters. The van der Waals surface area contributed by atoms with Gasteiger partial charge in [-0.05, 0) is 37.6 Å². The predicted molar refractivity (Wildman–Crippen MR) is 64.9 cm³/mol. The van der Waals surface area contributed by atoms with Crippen molar-refractivity contribution in [3.63, 3.8) is 0 Å². The fraction of sp³-hybridized carbons (Fsp3) is 0.333. The van der Waals surface area contributed by atoms with E-state index in [0.717, 1.165) is 18.6 Å². The summed E-state index contributed by atoms with van der Waals surface area (Å²) in [6.07, 6.45) is 1.61. The number of rotatable bonds is 6. The Kier molecular flexibility index (Phi) is 5.26. The van der Waals surface area contributed by atoms with Crippen LogP contribution in [0.4, 0.5) is 10.1 Å². The lowest BCUT2D eigenvalue weighted by atomic mass is 10.1. The van der Waals surface area contributed by atoms with E-state index in [1.54, 1.807) is 0 Å². The van der Waals surface area contributed by atoms with Crippen LogP contribution in [0.2, 0.25) is 0 Å². The van der Waals surface area contributed by atoms with E-state index in [1.165, 1.54) is 6.07 Å². The Morgan fingerprint density at radius 2 is 2.06 bits per heavy atom. The number of carboxylic acids is 1. The van der Waals surface area contributed by atoms with Crippen molar-refractivity contribution in [3.05, 3.63) is 29.6 Å². The first-order chi connectivity index (χ1) is 8.54. The third-order valence-electron chi connectivity index (χ3n) is 2.34. The highest BCUT2D eigenvalue weighted by atomic mass is 19.1. The molecule has 0 aromatic heterocycles. The molecule has 0 heterocycles. The van der Waals surface area contributed by atoms with Crippen LogP contribution in [0.15, 0.2) is 18.2 Å². The minimum absolute atomic E-state index is 0.0987. The van der Waals surface area contributed by atoms with E-state index in [0.29, 0.717) is 13.0 Å². The van der Waals surface area contributed by atoms with Crippen molar-refractivity contribution in [2.24, 2.45) is 5.73 Å². The number of carboxylic acid groups (broad SMARTS) is 1. The van der Waals surface area contributed by atoms with Gasteiger partial charge in [0, 0.05) is 6.42 Å². The summed E-state index contributed by atoms with van der Waals surface area (Å²) in [5, 5.41) is 11.3. The van der Waals surface area contributed by atoms with Gasteiger partial charge in [-0.15, -0.1) is 0 Å². The van der Waals surface area contributed by atoms with E-state index in [9.17, 15) is 14.0 Å². The fourth-order valence-electron chi connectivity index (χ4n) is 1.45. The zero-order valence-corrected chi connectivity index (χ0v) is 9.78. The van der Waals surface area contributed by atoms with Crippen molar-refractivity contribution in [3.8, 4) is 0 Å². The molecular weight excluding hydrogens is 239 g/mol. The second-order valence-corrected chi connectivity index (χ2v) is 3.79. The normalized spacial score (nSPS) is 10.1. The first-order valence-corrected chi connectivity index (χ1v) is 5.57. The Labute approximate surface area is 104 Å². The number of unbranched alkanes of at least 4 members (excludes halogenated alkanes) is 1. The van der Waals surface area contributed by atoms with Gasteiger partial charge < -0.3 is 16.2 Å². The quantitative estimate of drug-likeness (QED) is 0.672. The van der Waals surface area contributed by atoms with Gasteiger partial charge in [-0.3, -0.25) is 4.79 Å². The Bertz CT molecular complexity index is 449. The van der Waals surface area contributed by atoms with Crippen LogP contribution >= 0.6 is 0 Å². The van der Waals surface area contributed by atoms with Crippen LogP contribution in [0.5, 0.6) is 0 Å². The van der Waals surface area contributed by atoms with Gasteiger partial charge >= 0.3 is 5.97 Å². The number of aromatic carboxylic acids is 1. The first-order valence-electron chi connectivity index (χ1n) is 5.57. The lowest BCUT2D eigenvalue weighted by molar-refractivity contribution is -0.116. The van der Waals surface area contributed by atoms with Gasteiger partial charge in [0.1, 0.15) is 5.82 Å². The van der Waals surface area contributed by atoms with E-state index < -0.39 is 11.8 Å². The zero-order valence-electron chi connectivity index (χ0n) is 9.78. The Balaban J connectivity index is 2.72. The number of hydrogen-bond donors (Lipinski definition) is 3. The van der Waals surface area contributed by atoms with Gasteiger partial charge in [0.05, 0.1) is 11.3 Å². The summed E-state index contributed by atoms with van der Waals surface area (Å²) in [6.45, 7) is 0.504. The number of nitrogens with two attached hydrogens (primary N) is 1. The van der Waals surface area contributed by atoms with Gasteiger partial charge in [-0.25, -0.2) is 9.18 Å². The molecule has 0 aliphatic heterocycles. The third kappa shape index (κ3) is 4.14. The SMILES string of the molecule is NCCCCC(=O)Nc1ccc(F)cc1C(=O)O. The van der Waals surface area contributed by atoms with Crippen molar-refractivity contribution < 1.29 is 19.1 Å². The lowest BCUT2D eigenvalue weighted by Crippen LogP contribution is -2.15. The minimum Gasteiger partial charge on any atom is -0.478 e. The maximum atomic E-state index is 12.9. The van der Waals surface area contributed by atoms with Gasteiger partial charge in [-0.2, -0.15) is 0 Å². The van der Waals surface area contributed by atoms with Crippen molar-refractivity contribution in [1.29, 1.82) is 0 Å². The highest BCUT2D eigenvalue weighted by Gasteiger charge is 2.13. The summed E-state index contributed by atoms with van der Waals surface area (Å²) < 4.78 is 12.9. The molecule has 0 fully saturated rings. The summed E-state index contributed by atoms with van der Waals surface area (Å²) in [4.78, 5) is 22.4. The summed E-state index contributed by atoms with van der Waals surface area (Å²) >= 11 is 0. The molecule has 0 aliphatic carbocycles. The number of halogens is 1. The van der Waals surface area contributed by atoms with E-state index in [1.807, 2.05) is 0 Å². The molecule has 0 spiro atoms. The van der Waals surface area contributed by atoms with Gasteiger partial charge in [0.15, 0.2) is 0 Å². The van der Waals surface area contributed by atoms with Gasteiger partial charge in [-0.1, -0.05) is 0 Å². The number of nitrogens with one attached hydrogen (secondary N) is 1. The monoisotopic (exact) mass is 254 g/mol. The first kappa shape index (κ1) is 14.1. The number of benzene rings is 1. The zero-order chi connectivity index (χ0) is 13.5. The molecule has 4 N–H and O–H groups in total. The predicted octanol–water partition coefficient (Wildman–Crippen LogP) is 1.59. The molecule has 1 amide bonds. The number of carbonyl (C=O) groups is 2. The van der Waals surface area contributed by atoms with E-state index in [2.05, 4.69) is 5.32 Å². The molecule has 6 heteroatoms. The van der Waals surface area contributed by atoms with Crippen molar-refractivity contribution >= 4 is 17.6 Å². The smallest absolute Gasteiger partial charge is 0.337 e. The average molecular weight is 254 g/mol. The van der Waals surface area contributed by atoms with Crippen molar-refractivity contribution in [2.75, 3.05) is 11.9 Å². The average Bonchev–Trinajstić information content (AvgIpc) is 2.31. The van der Waals surface area contributed by atoms with E-state index >= 15 is 0 Å². The van der Waals surface area contributed by atoms with Crippen LogP contribution < -0.4 is 11.1 Å². The summed E-state index contributed by atoms with van der Waals surface area (Å²) in [6, 6.07) is 3.21. The van der Waals surface area contributed by atoms with E-state index in [-0.39, 0.29) is 23.6 Å². The second kappa shape index (κ2) is 6.70. The molecule has 1 rings (SSSR count). The number of amides is 1. The molecule has 0 saturated carbocycles. The van der Waals surface area contributed by atoms with Crippen LogP contribution in [-0.2, 0) is 4.79 Å². The number of hydrogen-bond acceptors (Lipinski definition) is 3. The Morgan fingerprint density at radius 3 is 2.67 bits per heavy atom. The third-order valence-corrected chi connectivity index (χ3v) is 2.34. The molecule has 0 radical (unpaired) electrons. The molecule has 0 bridgehead atoms. The fourth-order valence-corrected chi connectivity index (χ4v) is 1.45. The van der Waals surface area contributed by atoms with Crippen molar-refractivity contribution in [1.82, 2.24) is 0 Å². The molecule has 5 nitrogen and oxygen atoms in total. The van der Waals surface area contributed by atoms with Crippen molar-refractivity contribution in [2.45, 2.75) is 19.3 Å². The standard InChI is InChI=1S/C12H15FN2O3/c13-8-4-5-10(9(7-8)12(17)18)15-11(16)3-1-2-6-14/h4-5,7H,1-3,6,14H2,(H,15,16)(H,17,18). The Hall–Kier alpha value is -1.95. The van der Waals surface area contributed by atoms with Crippen LogP contribution in [-0.4, -0.2) is 23.5 Å². The highest BCUT2D eigenvalue weighted by molar-refractivity contribution is 6.00.